The van der Waals surface area contributed by atoms with Crippen molar-refractivity contribution in [2.75, 3.05) is 13.7 Å². The molecule has 2 saturated carbocycles. The van der Waals surface area contributed by atoms with Crippen LogP contribution in [0.1, 0.15) is 115 Å². The molecular formula is C35H50F2O. The molecule has 1 atom stereocenters. The van der Waals surface area contributed by atoms with Crippen LogP contribution in [-0.4, -0.2) is 13.7 Å². The van der Waals surface area contributed by atoms with Gasteiger partial charge in [0.25, 0.3) is 0 Å². The van der Waals surface area contributed by atoms with Crippen LogP contribution in [0, 0.1) is 29.4 Å². The monoisotopic (exact) mass is 524 g/mol. The Morgan fingerprint density at radius 3 is 2.16 bits per heavy atom. The summed E-state index contributed by atoms with van der Waals surface area (Å²) in [5.41, 5.74) is 2.95. The van der Waals surface area contributed by atoms with E-state index in [0.29, 0.717) is 17.0 Å². The Hall–Kier alpha value is -1.74. The van der Waals surface area contributed by atoms with Crippen LogP contribution in [0.15, 0.2) is 36.4 Å². The maximum atomic E-state index is 15.5. The van der Waals surface area contributed by atoms with E-state index >= 15 is 8.78 Å². The van der Waals surface area contributed by atoms with Gasteiger partial charge in [-0.1, -0.05) is 95.9 Å². The van der Waals surface area contributed by atoms with Gasteiger partial charge >= 0.3 is 0 Å². The van der Waals surface area contributed by atoms with Gasteiger partial charge in [0.2, 0.25) is 0 Å². The van der Waals surface area contributed by atoms with Crippen molar-refractivity contribution in [3.63, 3.8) is 0 Å². The average Bonchev–Trinajstić information content (AvgIpc) is 2.93. The van der Waals surface area contributed by atoms with Gasteiger partial charge in [0.1, 0.15) is 11.6 Å². The Morgan fingerprint density at radius 1 is 0.868 bits per heavy atom. The maximum absolute atomic E-state index is 15.5. The fourth-order valence-corrected chi connectivity index (χ4v) is 7.62. The van der Waals surface area contributed by atoms with E-state index in [2.05, 4.69) is 19.9 Å². The molecule has 2 aliphatic rings. The topological polar surface area (TPSA) is 9.23 Å². The summed E-state index contributed by atoms with van der Waals surface area (Å²) < 4.78 is 36.0. The zero-order valence-electron chi connectivity index (χ0n) is 24.2. The number of rotatable bonds is 12. The number of methoxy groups -OCH3 is 1. The largest absolute Gasteiger partial charge is 0.384 e. The van der Waals surface area contributed by atoms with Crippen LogP contribution < -0.4 is 0 Å². The van der Waals surface area contributed by atoms with E-state index in [0.717, 1.165) is 68.1 Å². The number of benzene rings is 2. The Labute approximate surface area is 230 Å². The first-order valence-corrected chi connectivity index (χ1v) is 15.5. The van der Waals surface area contributed by atoms with Crippen LogP contribution in [0.25, 0.3) is 11.1 Å². The van der Waals surface area contributed by atoms with Crippen LogP contribution in [0.5, 0.6) is 0 Å². The summed E-state index contributed by atoms with van der Waals surface area (Å²) in [6, 6.07) is 11.1. The third-order valence-corrected chi connectivity index (χ3v) is 9.97. The van der Waals surface area contributed by atoms with E-state index in [4.69, 9.17) is 4.74 Å². The molecule has 1 unspecified atom stereocenters. The lowest BCUT2D eigenvalue weighted by atomic mass is 9.61. The molecule has 0 aliphatic heterocycles. The fourth-order valence-electron chi connectivity index (χ4n) is 7.62. The van der Waals surface area contributed by atoms with E-state index < -0.39 is 0 Å². The summed E-state index contributed by atoms with van der Waals surface area (Å²) in [7, 11) is 1.80. The van der Waals surface area contributed by atoms with Crippen molar-refractivity contribution < 1.29 is 13.5 Å². The molecule has 0 radical (unpaired) electrons. The first kappa shape index (κ1) is 29.2. The highest BCUT2D eigenvalue weighted by molar-refractivity contribution is 5.66. The van der Waals surface area contributed by atoms with Crippen molar-refractivity contribution >= 4 is 0 Å². The summed E-state index contributed by atoms with van der Waals surface area (Å²) in [6.07, 6.45) is 17.9. The van der Waals surface area contributed by atoms with Crippen LogP contribution in [0.2, 0.25) is 0 Å². The fraction of sp³-hybridized carbons (Fsp3) is 0.657. The van der Waals surface area contributed by atoms with Gasteiger partial charge in [0, 0.05) is 24.8 Å². The van der Waals surface area contributed by atoms with E-state index in [9.17, 15) is 0 Å². The predicted octanol–water partition coefficient (Wildman–Crippen LogP) is 10.4. The van der Waals surface area contributed by atoms with E-state index in [1.807, 2.05) is 12.1 Å². The second-order valence-corrected chi connectivity index (χ2v) is 12.5. The molecule has 0 saturated heterocycles. The summed E-state index contributed by atoms with van der Waals surface area (Å²) in [5.74, 6) is 1.52. The predicted molar refractivity (Wildman–Crippen MR) is 156 cm³/mol. The SMILES string of the molecule is CCCC(C)C1(c2ccc(-c3ccc(CCCCC4CCC(COC)CC4)cc3F)c(F)c2)CCCCC1. The summed E-state index contributed by atoms with van der Waals surface area (Å²) in [6.45, 7) is 5.48. The van der Waals surface area contributed by atoms with Crippen molar-refractivity contribution in [3.05, 3.63) is 59.2 Å². The number of unbranched alkanes of at least 4 members (excludes halogenated alkanes) is 1. The summed E-state index contributed by atoms with van der Waals surface area (Å²) in [4.78, 5) is 0. The highest BCUT2D eigenvalue weighted by Crippen LogP contribution is 2.47. The van der Waals surface area contributed by atoms with Gasteiger partial charge in [-0.2, -0.15) is 0 Å². The van der Waals surface area contributed by atoms with Gasteiger partial charge in [-0.25, -0.2) is 8.78 Å². The lowest BCUT2D eigenvalue weighted by Crippen LogP contribution is -2.36. The van der Waals surface area contributed by atoms with E-state index in [1.165, 1.54) is 57.8 Å². The number of halogens is 2. The molecule has 4 rings (SSSR count). The molecule has 2 fully saturated rings. The number of hydrogen-bond acceptors (Lipinski definition) is 1. The quantitative estimate of drug-likeness (QED) is 0.251. The minimum Gasteiger partial charge on any atom is -0.384 e. The number of aryl methyl sites for hydroxylation is 1. The first-order valence-electron chi connectivity index (χ1n) is 15.5. The molecular weight excluding hydrogens is 474 g/mol. The summed E-state index contributed by atoms with van der Waals surface area (Å²) in [5, 5.41) is 0. The Morgan fingerprint density at radius 2 is 1.53 bits per heavy atom. The molecule has 0 aromatic heterocycles. The zero-order chi connectivity index (χ0) is 27.0. The molecule has 2 aromatic carbocycles. The van der Waals surface area contributed by atoms with Gasteiger partial charge in [-0.15, -0.1) is 0 Å². The average molecular weight is 525 g/mol. The highest BCUT2D eigenvalue weighted by atomic mass is 19.1. The Bertz CT molecular complexity index is 1000. The van der Waals surface area contributed by atoms with Crippen molar-refractivity contribution in [1.29, 1.82) is 0 Å². The van der Waals surface area contributed by atoms with Gasteiger partial charge in [0.05, 0.1) is 0 Å². The van der Waals surface area contributed by atoms with Gasteiger partial charge in [-0.05, 0) is 85.0 Å². The molecule has 3 heteroatoms. The molecule has 2 aromatic rings. The molecule has 2 aliphatic carbocycles. The van der Waals surface area contributed by atoms with Crippen LogP contribution >= 0.6 is 0 Å². The normalized spacial score (nSPS) is 22.3. The van der Waals surface area contributed by atoms with Gasteiger partial charge in [0.15, 0.2) is 0 Å². The highest BCUT2D eigenvalue weighted by Gasteiger charge is 2.38. The van der Waals surface area contributed by atoms with Gasteiger partial charge in [-0.3, -0.25) is 0 Å². The van der Waals surface area contributed by atoms with Crippen molar-refractivity contribution in [2.45, 2.75) is 116 Å². The van der Waals surface area contributed by atoms with E-state index in [-0.39, 0.29) is 17.0 Å². The number of hydrogen-bond donors (Lipinski definition) is 0. The smallest absolute Gasteiger partial charge is 0.131 e. The van der Waals surface area contributed by atoms with Crippen molar-refractivity contribution in [3.8, 4) is 11.1 Å². The molecule has 210 valence electrons. The lowest BCUT2D eigenvalue weighted by Gasteiger charge is -2.43. The second-order valence-electron chi connectivity index (χ2n) is 12.5. The molecule has 0 amide bonds. The maximum Gasteiger partial charge on any atom is 0.131 e. The Balaban J connectivity index is 1.36. The first-order chi connectivity index (χ1) is 18.5. The molecule has 1 nitrogen and oxygen atoms in total. The minimum absolute atomic E-state index is 0.0548. The van der Waals surface area contributed by atoms with Crippen molar-refractivity contribution in [1.82, 2.24) is 0 Å². The molecule has 0 spiro atoms. The van der Waals surface area contributed by atoms with Crippen LogP contribution in [-0.2, 0) is 16.6 Å². The number of ether oxygens (including phenoxy) is 1. The molecule has 0 bridgehead atoms. The zero-order valence-corrected chi connectivity index (χ0v) is 24.2. The molecule has 38 heavy (non-hydrogen) atoms. The van der Waals surface area contributed by atoms with Gasteiger partial charge < -0.3 is 4.74 Å². The standard InChI is InChI=1S/C35H50F2O/c1-4-10-26(2)35(21-8-5-9-22-35)30-18-20-32(34(37)24-30)31-19-17-28(23-33(31)36)12-7-6-11-27-13-15-29(16-14-27)25-38-3/h17-20,23-24,26-27,29H,4-16,21-22,25H2,1-3H3. The van der Waals surface area contributed by atoms with Crippen LogP contribution in [0.3, 0.4) is 0 Å². The molecule has 0 N–H and O–H groups in total. The lowest BCUT2D eigenvalue weighted by molar-refractivity contribution is 0.117. The van der Waals surface area contributed by atoms with Crippen molar-refractivity contribution in [2.24, 2.45) is 17.8 Å². The minimum atomic E-state index is -0.308. The second kappa shape index (κ2) is 14.1. The Kier molecular flexibility index (Phi) is 10.8. The molecule has 0 heterocycles. The summed E-state index contributed by atoms with van der Waals surface area (Å²) >= 11 is 0. The van der Waals surface area contributed by atoms with E-state index in [1.54, 1.807) is 25.3 Å². The van der Waals surface area contributed by atoms with Crippen LogP contribution in [0.4, 0.5) is 8.78 Å². The third-order valence-electron chi connectivity index (χ3n) is 9.97. The third kappa shape index (κ3) is 7.06.